The molecule has 0 aromatic carbocycles. The Morgan fingerprint density at radius 2 is 1.85 bits per heavy atom. The molecule has 0 amide bonds. The Labute approximate surface area is 243 Å². The SMILES string of the molecule is CO[C@@H]1C[C@H](O[C@H]2CC[C@@]3(C)[C@H](CC[C@@H]4[C@H]3CC[C@]3(C)[C@@H](C5=CC(=O)OC5)[C@@H](OC(C)=O)C[C@]43O)C2)O[C@H](C)[C@H]1O. The molecule has 5 fully saturated rings. The lowest BCUT2D eigenvalue weighted by Crippen LogP contribution is -2.62. The molecule has 2 heterocycles. The summed E-state index contributed by atoms with van der Waals surface area (Å²) in [5, 5.41) is 23.0. The molecular weight excluding hydrogens is 528 g/mol. The van der Waals surface area contributed by atoms with Crippen molar-refractivity contribution in [2.24, 2.45) is 34.5 Å². The molecule has 4 saturated carbocycles. The minimum absolute atomic E-state index is 0.0898. The average Bonchev–Trinajstić information content (AvgIpc) is 3.42. The van der Waals surface area contributed by atoms with Crippen LogP contribution in [0.25, 0.3) is 0 Å². The van der Waals surface area contributed by atoms with E-state index in [4.69, 9.17) is 23.7 Å². The molecule has 6 aliphatic rings. The Kier molecular flexibility index (Phi) is 7.62. The van der Waals surface area contributed by atoms with Crippen molar-refractivity contribution in [1.82, 2.24) is 0 Å². The van der Waals surface area contributed by atoms with E-state index in [1.165, 1.54) is 6.92 Å². The van der Waals surface area contributed by atoms with E-state index < -0.39 is 23.2 Å². The van der Waals surface area contributed by atoms with Gasteiger partial charge < -0.3 is 33.9 Å². The zero-order valence-electron chi connectivity index (χ0n) is 25.2. The van der Waals surface area contributed by atoms with Crippen LogP contribution < -0.4 is 0 Å². The van der Waals surface area contributed by atoms with Gasteiger partial charge in [0.15, 0.2) is 6.29 Å². The zero-order chi connectivity index (χ0) is 29.3. The average molecular weight is 577 g/mol. The molecule has 2 N–H and O–H groups in total. The molecule has 6 rings (SSSR count). The van der Waals surface area contributed by atoms with Crippen LogP contribution in [0.4, 0.5) is 0 Å². The van der Waals surface area contributed by atoms with Crippen molar-refractivity contribution in [2.45, 2.75) is 128 Å². The summed E-state index contributed by atoms with van der Waals surface area (Å²) in [4.78, 5) is 24.2. The van der Waals surface area contributed by atoms with E-state index in [1.54, 1.807) is 13.2 Å². The number of methoxy groups -OCH3 is 1. The second-order valence-corrected chi connectivity index (χ2v) is 14.3. The highest BCUT2D eigenvalue weighted by Gasteiger charge is 2.71. The van der Waals surface area contributed by atoms with Crippen molar-refractivity contribution in [3.63, 3.8) is 0 Å². The molecule has 0 bridgehead atoms. The molecule has 9 nitrogen and oxygen atoms in total. The highest BCUT2D eigenvalue weighted by Crippen LogP contribution is 2.70. The largest absolute Gasteiger partial charge is 0.462 e. The summed E-state index contributed by atoms with van der Waals surface area (Å²) in [6.07, 6.45) is 7.14. The second-order valence-electron chi connectivity index (χ2n) is 14.3. The molecule has 0 aromatic rings. The monoisotopic (exact) mass is 576 g/mol. The Morgan fingerprint density at radius 3 is 2.54 bits per heavy atom. The van der Waals surface area contributed by atoms with Crippen molar-refractivity contribution in [1.29, 1.82) is 0 Å². The number of aliphatic hydroxyl groups is 2. The lowest BCUT2D eigenvalue weighted by Gasteiger charge is -2.63. The van der Waals surface area contributed by atoms with Gasteiger partial charge in [-0.05, 0) is 80.6 Å². The summed E-state index contributed by atoms with van der Waals surface area (Å²) in [5.41, 5.74) is -0.559. The lowest BCUT2D eigenvalue weighted by molar-refractivity contribution is -0.273. The third kappa shape index (κ3) is 4.69. The minimum atomic E-state index is -0.990. The molecule has 0 spiro atoms. The molecule has 2 aliphatic heterocycles. The number of fused-ring (bicyclic) bond motifs is 5. The first-order valence-electron chi connectivity index (χ1n) is 15.7. The van der Waals surface area contributed by atoms with Crippen LogP contribution in [0.3, 0.4) is 0 Å². The van der Waals surface area contributed by atoms with Gasteiger partial charge in [-0.15, -0.1) is 0 Å². The van der Waals surface area contributed by atoms with E-state index in [9.17, 15) is 19.8 Å². The van der Waals surface area contributed by atoms with Crippen molar-refractivity contribution in [3.05, 3.63) is 11.6 Å². The third-order valence-corrected chi connectivity index (χ3v) is 12.5. The Hall–Kier alpha value is -1.52. The smallest absolute Gasteiger partial charge is 0.331 e. The number of ether oxygens (including phenoxy) is 5. The predicted molar refractivity (Wildman–Crippen MR) is 147 cm³/mol. The van der Waals surface area contributed by atoms with Crippen LogP contribution in [0.1, 0.15) is 85.5 Å². The first kappa shape index (κ1) is 29.5. The number of carbonyl (C=O) groups excluding carboxylic acids is 2. The predicted octanol–water partition coefficient (Wildman–Crippen LogP) is 3.68. The van der Waals surface area contributed by atoms with Gasteiger partial charge in [-0.1, -0.05) is 13.8 Å². The molecule has 41 heavy (non-hydrogen) atoms. The van der Waals surface area contributed by atoms with E-state index in [-0.39, 0.29) is 60.4 Å². The van der Waals surface area contributed by atoms with Gasteiger partial charge in [0.25, 0.3) is 0 Å². The van der Waals surface area contributed by atoms with E-state index in [1.807, 2.05) is 6.92 Å². The summed E-state index contributed by atoms with van der Waals surface area (Å²) >= 11 is 0. The van der Waals surface area contributed by atoms with Crippen molar-refractivity contribution >= 4 is 11.9 Å². The second kappa shape index (κ2) is 10.6. The fourth-order valence-corrected chi connectivity index (χ4v) is 10.4. The van der Waals surface area contributed by atoms with Crippen molar-refractivity contribution < 1.29 is 43.5 Å². The quantitative estimate of drug-likeness (QED) is 0.373. The molecule has 0 radical (unpaired) electrons. The summed E-state index contributed by atoms with van der Waals surface area (Å²) in [6, 6.07) is 0. The topological polar surface area (TPSA) is 121 Å². The first-order chi connectivity index (χ1) is 19.4. The van der Waals surface area contributed by atoms with Crippen molar-refractivity contribution in [3.8, 4) is 0 Å². The number of hydrogen-bond acceptors (Lipinski definition) is 9. The van der Waals surface area contributed by atoms with Crippen LogP contribution in [-0.2, 0) is 33.3 Å². The summed E-state index contributed by atoms with van der Waals surface area (Å²) in [7, 11) is 1.62. The molecule has 230 valence electrons. The van der Waals surface area contributed by atoms with E-state index >= 15 is 0 Å². The van der Waals surface area contributed by atoms with E-state index in [0.29, 0.717) is 24.7 Å². The number of esters is 2. The maximum Gasteiger partial charge on any atom is 0.331 e. The highest BCUT2D eigenvalue weighted by atomic mass is 16.7. The number of cyclic esters (lactones) is 1. The van der Waals surface area contributed by atoms with Gasteiger partial charge >= 0.3 is 11.9 Å². The maximum absolute atomic E-state index is 12.7. The molecular formula is C32H48O9. The van der Waals surface area contributed by atoms with E-state index in [0.717, 1.165) is 50.5 Å². The lowest BCUT2D eigenvalue weighted by atomic mass is 9.43. The van der Waals surface area contributed by atoms with Crippen LogP contribution in [0.2, 0.25) is 0 Å². The number of rotatable bonds is 5. The Bertz CT molecular complexity index is 1080. The molecule has 4 aliphatic carbocycles. The summed E-state index contributed by atoms with van der Waals surface area (Å²) < 4.78 is 29.1. The summed E-state index contributed by atoms with van der Waals surface area (Å²) in [5.74, 6) is 0.0175. The Morgan fingerprint density at radius 1 is 1.07 bits per heavy atom. The van der Waals surface area contributed by atoms with Gasteiger partial charge in [0.2, 0.25) is 0 Å². The Balaban J connectivity index is 1.19. The fraction of sp³-hybridized carbons (Fsp3) is 0.875. The van der Waals surface area contributed by atoms with Crippen molar-refractivity contribution in [2.75, 3.05) is 13.7 Å². The van der Waals surface area contributed by atoms with Crippen LogP contribution >= 0.6 is 0 Å². The van der Waals surface area contributed by atoms with Gasteiger partial charge in [-0.25, -0.2) is 4.79 Å². The zero-order valence-corrected chi connectivity index (χ0v) is 25.2. The minimum Gasteiger partial charge on any atom is -0.462 e. The first-order valence-corrected chi connectivity index (χ1v) is 15.7. The number of aliphatic hydroxyl groups excluding tert-OH is 1. The molecule has 0 unspecified atom stereocenters. The maximum atomic E-state index is 12.7. The molecule has 13 atom stereocenters. The third-order valence-electron chi connectivity index (χ3n) is 12.5. The highest BCUT2D eigenvalue weighted by molar-refractivity contribution is 5.85. The summed E-state index contributed by atoms with van der Waals surface area (Å²) in [6.45, 7) is 8.06. The van der Waals surface area contributed by atoms with Gasteiger partial charge in [0.05, 0.1) is 23.9 Å². The standard InChI is InChI=1S/C32H48O9/c1-17-29(35)24(37-5)14-27(39-17)41-21-8-10-30(3)20(13-21)6-7-23-22(30)9-11-31(4)28(19-12-26(34)38-16-19)25(40-18(2)33)15-32(23,31)36/h12,17,20-25,27-29,35-36H,6-11,13-16H2,1-5H3/t17-,20-,21+,22-,23-,24-,25+,27+,28+,29-,30+,31-,32+/m1/s1. The number of hydrogen-bond donors (Lipinski definition) is 2. The number of carbonyl (C=O) groups is 2. The van der Waals surface area contributed by atoms with Gasteiger partial charge in [-0.3, -0.25) is 4.79 Å². The van der Waals surface area contributed by atoms with Crippen LogP contribution in [-0.4, -0.2) is 78.3 Å². The van der Waals surface area contributed by atoms with Crippen LogP contribution in [0, 0.1) is 34.5 Å². The molecule has 0 aromatic heterocycles. The van der Waals surface area contributed by atoms with Gasteiger partial charge in [0.1, 0.15) is 18.8 Å². The van der Waals surface area contributed by atoms with Gasteiger partial charge in [0, 0.05) is 44.3 Å². The molecule has 9 heteroatoms. The molecule has 1 saturated heterocycles. The van der Waals surface area contributed by atoms with E-state index in [2.05, 4.69) is 13.8 Å². The van der Waals surface area contributed by atoms with Crippen LogP contribution in [0.5, 0.6) is 0 Å². The normalized spacial score (nSPS) is 51.2. The van der Waals surface area contributed by atoms with Gasteiger partial charge in [-0.2, -0.15) is 0 Å². The fourth-order valence-electron chi connectivity index (χ4n) is 10.4. The van der Waals surface area contributed by atoms with Crippen LogP contribution in [0.15, 0.2) is 11.6 Å².